The first-order valence-electron chi connectivity index (χ1n) is 7.11. The molecule has 1 heterocycles. The molecule has 1 aliphatic heterocycles. The van der Waals surface area contributed by atoms with Crippen molar-refractivity contribution in [3.05, 3.63) is 29.6 Å². The van der Waals surface area contributed by atoms with Gasteiger partial charge in [-0.1, -0.05) is 11.8 Å². The third-order valence-corrected chi connectivity index (χ3v) is 3.12. The van der Waals surface area contributed by atoms with Gasteiger partial charge in [-0.05, 0) is 12.1 Å². The Kier molecular flexibility index (Phi) is 6.48. The normalized spacial score (nSPS) is 15.3. The van der Waals surface area contributed by atoms with Crippen molar-refractivity contribution in [1.29, 1.82) is 0 Å². The van der Waals surface area contributed by atoms with E-state index in [4.69, 9.17) is 14.6 Å². The molecule has 1 saturated heterocycles. The van der Waals surface area contributed by atoms with Crippen LogP contribution in [0.4, 0.5) is 4.39 Å². The smallest absolute Gasteiger partial charge is 0.128 e. The minimum absolute atomic E-state index is 0.00518. The van der Waals surface area contributed by atoms with Crippen LogP contribution in [0.1, 0.15) is 12.0 Å². The molecule has 1 aromatic carbocycles. The molecule has 0 aliphatic carbocycles. The van der Waals surface area contributed by atoms with E-state index >= 15 is 0 Å². The standard InChI is InChI=1S/C16H20FNO3/c17-15-11-14(3-1-2-7-19)12-16(13-15)21-10-6-18-4-8-20-9-5-18/h11-13,19H,2,4-10H2. The zero-order chi connectivity index (χ0) is 14.9. The molecule has 0 bridgehead atoms. The van der Waals surface area contributed by atoms with Crippen LogP contribution in [0, 0.1) is 17.7 Å². The minimum atomic E-state index is -0.368. The predicted molar refractivity (Wildman–Crippen MR) is 77.7 cm³/mol. The number of morpholine rings is 1. The highest BCUT2D eigenvalue weighted by Crippen LogP contribution is 2.16. The predicted octanol–water partition coefficient (Wildman–Crippen LogP) is 1.27. The molecular weight excluding hydrogens is 273 g/mol. The maximum Gasteiger partial charge on any atom is 0.128 e. The number of aliphatic hydroxyl groups is 1. The van der Waals surface area contributed by atoms with Crippen molar-refractivity contribution in [1.82, 2.24) is 4.90 Å². The first-order chi connectivity index (χ1) is 10.3. The molecule has 0 aromatic heterocycles. The Morgan fingerprint density at radius 2 is 2.10 bits per heavy atom. The van der Waals surface area contributed by atoms with E-state index in [0.29, 0.717) is 24.3 Å². The number of nitrogens with zero attached hydrogens (tertiary/aromatic N) is 1. The summed E-state index contributed by atoms with van der Waals surface area (Å²) in [6.07, 6.45) is 0.379. The van der Waals surface area contributed by atoms with Gasteiger partial charge in [0.05, 0.1) is 19.8 Å². The Morgan fingerprint density at radius 1 is 1.29 bits per heavy atom. The molecule has 1 N–H and O–H groups in total. The second-order valence-electron chi connectivity index (χ2n) is 4.75. The largest absolute Gasteiger partial charge is 0.492 e. The third kappa shape index (κ3) is 5.72. The van der Waals surface area contributed by atoms with Crippen LogP contribution >= 0.6 is 0 Å². The van der Waals surface area contributed by atoms with Gasteiger partial charge in [0.2, 0.25) is 0 Å². The van der Waals surface area contributed by atoms with Crippen molar-refractivity contribution in [2.75, 3.05) is 46.1 Å². The van der Waals surface area contributed by atoms with Crippen LogP contribution in [0.15, 0.2) is 18.2 Å². The summed E-state index contributed by atoms with van der Waals surface area (Å²) in [4.78, 5) is 2.25. The lowest BCUT2D eigenvalue weighted by Gasteiger charge is -2.26. The van der Waals surface area contributed by atoms with Gasteiger partial charge in [-0.25, -0.2) is 4.39 Å². The Labute approximate surface area is 124 Å². The first-order valence-corrected chi connectivity index (χ1v) is 7.11. The fourth-order valence-corrected chi connectivity index (χ4v) is 2.06. The van der Waals surface area contributed by atoms with Gasteiger partial charge in [-0.3, -0.25) is 4.90 Å². The van der Waals surface area contributed by atoms with Gasteiger partial charge in [-0.2, -0.15) is 0 Å². The van der Waals surface area contributed by atoms with Gasteiger partial charge < -0.3 is 14.6 Å². The quantitative estimate of drug-likeness (QED) is 0.830. The molecule has 1 fully saturated rings. The van der Waals surface area contributed by atoms with Crippen LogP contribution in [-0.2, 0) is 4.74 Å². The summed E-state index contributed by atoms with van der Waals surface area (Å²) >= 11 is 0. The summed E-state index contributed by atoms with van der Waals surface area (Å²) in [6, 6.07) is 4.43. The second kappa shape index (κ2) is 8.63. The fourth-order valence-electron chi connectivity index (χ4n) is 2.06. The average molecular weight is 293 g/mol. The van der Waals surface area contributed by atoms with Crippen molar-refractivity contribution in [3.8, 4) is 17.6 Å². The van der Waals surface area contributed by atoms with Crippen LogP contribution in [0.2, 0.25) is 0 Å². The number of ether oxygens (including phenoxy) is 2. The molecule has 4 nitrogen and oxygen atoms in total. The van der Waals surface area contributed by atoms with Crippen molar-refractivity contribution in [3.63, 3.8) is 0 Å². The molecule has 0 spiro atoms. The van der Waals surface area contributed by atoms with Crippen LogP contribution in [0.25, 0.3) is 0 Å². The van der Waals surface area contributed by atoms with Crippen LogP contribution in [0.3, 0.4) is 0 Å². The summed E-state index contributed by atoms with van der Waals surface area (Å²) in [6.45, 7) is 4.63. The van der Waals surface area contributed by atoms with Gasteiger partial charge in [0.25, 0.3) is 0 Å². The molecule has 5 heteroatoms. The molecule has 0 atom stereocenters. The lowest BCUT2D eigenvalue weighted by Crippen LogP contribution is -2.38. The van der Waals surface area contributed by atoms with Crippen molar-refractivity contribution in [2.24, 2.45) is 0 Å². The maximum absolute atomic E-state index is 13.5. The molecule has 0 saturated carbocycles. The summed E-state index contributed by atoms with van der Waals surface area (Å²) in [5, 5.41) is 8.68. The van der Waals surface area contributed by atoms with Crippen molar-refractivity contribution in [2.45, 2.75) is 6.42 Å². The summed E-state index contributed by atoms with van der Waals surface area (Å²) in [7, 11) is 0. The zero-order valence-corrected chi connectivity index (χ0v) is 12.0. The highest BCUT2D eigenvalue weighted by Gasteiger charge is 2.10. The summed E-state index contributed by atoms with van der Waals surface area (Å²) in [5.41, 5.74) is 0.560. The summed E-state index contributed by atoms with van der Waals surface area (Å²) in [5.74, 6) is 5.69. The Hall–Kier alpha value is -1.61. The van der Waals surface area contributed by atoms with Crippen LogP contribution in [0.5, 0.6) is 5.75 Å². The maximum atomic E-state index is 13.5. The SMILES string of the molecule is OCCC#Cc1cc(F)cc(OCCN2CCOCC2)c1. The van der Waals surface area contributed by atoms with E-state index in [1.165, 1.54) is 12.1 Å². The third-order valence-electron chi connectivity index (χ3n) is 3.12. The van der Waals surface area contributed by atoms with E-state index in [-0.39, 0.29) is 12.4 Å². The molecular formula is C16H20FNO3. The molecule has 1 aliphatic rings. The van der Waals surface area contributed by atoms with Crippen LogP contribution < -0.4 is 4.74 Å². The number of benzene rings is 1. The minimum Gasteiger partial charge on any atom is -0.492 e. The topological polar surface area (TPSA) is 41.9 Å². The number of aliphatic hydroxyl groups excluding tert-OH is 1. The number of hydrogen-bond donors (Lipinski definition) is 1. The molecule has 0 unspecified atom stereocenters. The van der Waals surface area contributed by atoms with E-state index in [0.717, 1.165) is 32.8 Å². The Bertz CT molecular complexity index is 504. The fraction of sp³-hybridized carbons (Fsp3) is 0.500. The molecule has 21 heavy (non-hydrogen) atoms. The molecule has 114 valence electrons. The van der Waals surface area contributed by atoms with Gasteiger partial charge in [0.15, 0.2) is 0 Å². The van der Waals surface area contributed by atoms with Crippen molar-refractivity contribution >= 4 is 0 Å². The molecule has 1 aromatic rings. The van der Waals surface area contributed by atoms with E-state index in [1.54, 1.807) is 6.07 Å². The van der Waals surface area contributed by atoms with E-state index in [1.807, 2.05) is 0 Å². The molecule has 2 rings (SSSR count). The number of rotatable bonds is 5. The summed E-state index contributed by atoms with van der Waals surface area (Å²) < 4.78 is 24.4. The van der Waals surface area contributed by atoms with Crippen LogP contribution in [-0.4, -0.2) is 56.1 Å². The van der Waals surface area contributed by atoms with E-state index < -0.39 is 0 Å². The molecule has 0 amide bonds. The van der Waals surface area contributed by atoms with Gasteiger partial charge in [-0.15, -0.1) is 0 Å². The average Bonchev–Trinajstić information content (AvgIpc) is 2.48. The number of hydrogen-bond acceptors (Lipinski definition) is 4. The lowest BCUT2D eigenvalue weighted by molar-refractivity contribution is 0.0322. The second-order valence-corrected chi connectivity index (χ2v) is 4.75. The Morgan fingerprint density at radius 3 is 2.86 bits per heavy atom. The first kappa shape index (κ1) is 15.8. The number of halogens is 1. The van der Waals surface area contributed by atoms with E-state index in [2.05, 4.69) is 16.7 Å². The van der Waals surface area contributed by atoms with Gasteiger partial charge in [0.1, 0.15) is 18.2 Å². The highest BCUT2D eigenvalue weighted by atomic mass is 19.1. The van der Waals surface area contributed by atoms with Crippen molar-refractivity contribution < 1.29 is 19.0 Å². The monoisotopic (exact) mass is 293 g/mol. The molecule has 0 radical (unpaired) electrons. The lowest BCUT2D eigenvalue weighted by atomic mass is 10.2. The van der Waals surface area contributed by atoms with E-state index in [9.17, 15) is 4.39 Å². The van der Waals surface area contributed by atoms with Gasteiger partial charge in [0, 0.05) is 37.7 Å². The van der Waals surface area contributed by atoms with Gasteiger partial charge >= 0.3 is 0 Å². The zero-order valence-electron chi connectivity index (χ0n) is 12.0. The Balaban J connectivity index is 1.86. The highest BCUT2D eigenvalue weighted by molar-refractivity contribution is 5.40.